The maximum absolute atomic E-state index is 12.1. The summed E-state index contributed by atoms with van der Waals surface area (Å²) in [6.45, 7) is 8.86. The monoisotopic (exact) mass is 379 g/mol. The highest BCUT2D eigenvalue weighted by Crippen LogP contribution is 2.31. The molecular weight excluding hydrogens is 354 g/mol. The standard InChI is InChI=1S/C23H25NO4/c1-4-24(13-18-14-26-20-7-5-6-8-21(20)27-18)12-17-11-22(25)28-23-16(3)15(2)9-10-19(17)23/h5-11,18H,4,12-14H2,1-3H3/t18-/m1/s1. The first kappa shape index (κ1) is 18.6. The molecule has 0 bridgehead atoms. The summed E-state index contributed by atoms with van der Waals surface area (Å²) in [4.78, 5) is 14.4. The fraction of sp³-hybridized carbons (Fsp3) is 0.348. The number of nitrogens with zero attached hydrogens (tertiary/aromatic N) is 1. The van der Waals surface area contributed by atoms with Crippen molar-refractivity contribution in [3.63, 3.8) is 0 Å². The van der Waals surface area contributed by atoms with Gasteiger partial charge in [-0.15, -0.1) is 0 Å². The summed E-state index contributed by atoms with van der Waals surface area (Å²) < 4.78 is 17.4. The van der Waals surface area contributed by atoms with Gasteiger partial charge in [0.15, 0.2) is 11.5 Å². The van der Waals surface area contributed by atoms with Crippen LogP contribution in [-0.4, -0.2) is 30.7 Å². The molecule has 0 aliphatic carbocycles. The highest BCUT2D eigenvalue weighted by atomic mass is 16.6. The molecule has 0 radical (unpaired) electrons. The van der Waals surface area contributed by atoms with Crippen LogP contribution in [0.1, 0.15) is 23.6 Å². The fourth-order valence-corrected chi connectivity index (χ4v) is 3.64. The van der Waals surface area contributed by atoms with Gasteiger partial charge in [0.2, 0.25) is 0 Å². The summed E-state index contributed by atoms with van der Waals surface area (Å²) in [6, 6.07) is 13.5. The molecule has 0 saturated heterocycles. The van der Waals surface area contributed by atoms with Gasteiger partial charge >= 0.3 is 5.63 Å². The fourth-order valence-electron chi connectivity index (χ4n) is 3.64. The Hall–Kier alpha value is -2.79. The zero-order valence-electron chi connectivity index (χ0n) is 16.5. The molecule has 0 fully saturated rings. The van der Waals surface area contributed by atoms with Crippen molar-refractivity contribution in [3.8, 4) is 11.5 Å². The van der Waals surface area contributed by atoms with Gasteiger partial charge in [-0.1, -0.05) is 31.2 Å². The molecule has 1 aromatic heterocycles. The molecular formula is C23H25NO4. The molecule has 146 valence electrons. The van der Waals surface area contributed by atoms with E-state index in [9.17, 15) is 4.79 Å². The van der Waals surface area contributed by atoms with Crippen molar-refractivity contribution in [1.29, 1.82) is 0 Å². The van der Waals surface area contributed by atoms with E-state index in [2.05, 4.69) is 17.9 Å². The lowest BCUT2D eigenvalue weighted by Crippen LogP contribution is -2.40. The number of aryl methyl sites for hydroxylation is 2. The molecule has 5 nitrogen and oxygen atoms in total. The van der Waals surface area contributed by atoms with Crippen LogP contribution in [0.25, 0.3) is 11.0 Å². The SMILES string of the molecule is CCN(Cc1cc(=O)oc2c(C)c(C)ccc12)C[C@@H]1COc2ccccc2O1. The molecule has 1 aliphatic rings. The molecule has 0 spiro atoms. The van der Waals surface area contributed by atoms with E-state index in [1.807, 2.05) is 44.2 Å². The minimum Gasteiger partial charge on any atom is -0.486 e. The van der Waals surface area contributed by atoms with Gasteiger partial charge in [0.05, 0.1) is 0 Å². The van der Waals surface area contributed by atoms with E-state index in [0.29, 0.717) is 18.7 Å². The third-order valence-corrected chi connectivity index (χ3v) is 5.39. The molecule has 0 amide bonds. The summed E-state index contributed by atoms with van der Waals surface area (Å²) in [5, 5.41) is 0.993. The predicted molar refractivity (Wildman–Crippen MR) is 109 cm³/mol. The molecule has 1 aliphatic heterocycles. The van der Waals surface area contributed by atoms with Crippen molar-refractivity contribution in [3.05, 3.63) is 69.6 Å². The predicted octanol–water partition coefficient (Wildman–Crippen LogP) is 4.07. The molecule has 0 unspecified atom stereocenters. The lowest BCUT2D eigenvalue weighted by atomic mass is 10.0. The van der Waals surface area contributed by atoms with Crippen LogP contribution in [0.3, 0.4) is 0 Å². The maximum Gasteiger partial charge on any atom is 0.336 e. The third-order valence-electron chi connectivity index (χ3n) is 5.39. The first-order valence-electron chi connectivity index (χ1n) is 9.69. The van der Waals surface area contributed by atoms with E-state index in [0.717, 1.165) is 46.7 Å². The van der Waals surface area contributed by atoms with Crippen LogP contribution >= 0.6 is 0 Å². The van der Waals surface area contributed by atoms with Crippen LogP contribution in [-0.2, 0) is 6.54 Å². The first-order valence-corrected chi connectivity index (χ1v) is 9.69. The highest BCUT2D eigenvalue weighted by molar-refractivity contribution is 5.83. The number of likely N-dealkylation sites (N-methyl/N-ethyl adjacent to an activating group) is 1. The molecule has 0 saturated carbocycles. The van der Waals surface area contributed by atoms with E-state index in [1.165, 1.54) is 0 Å². The van der Waals surface area contributed by atoms with E-state index in [4.69, 9.17) is 13.9 Å². The second-order valence-electron chi connectivity index (χ2n) is 7.30. The van der Waals surface area contributed by atoms with Gasteiger partial charge in [-0.05, 0) is 49.2 Å². The Kier molecular flexibility index (Phi) is 5.09. The number of para-hydroxylation sites is 2. The quantitative estimate of drug-likeness (QED) is 0.626. The Morgan fingerprint density at radius 2 is 1.89 bits per heavy atom. The van der Waals surface area contributed by atoms with Gasteiger partial charge < -0.3 is 13.9 Å². The average Bonchev–Trinajstić information content (AvgIpc) is 2.70. The zero-order chi connectivity index (χ0) is 19.7. The van der Waals surface area contributed by atoms with Crippen LogP contribution in [0.4, 0.5) is 0 Å². The van der Waals surface area contributed by atoms with Crippen molar-refractivity contribution in [1.82, 2.24) is 4.90 Å². The van der Waals surface area contributed by atoms with Gasteiger partial charge in [-0.2, -0.15) is 0 Å². The highest BCUT2D eigenvalue weighted by Gasteiger charge is 2.23. The Morgan fingerprint density at radius 3 is 2.68 bits per heavy atom. The van der Waals surface area contributed by atoms with Gasteiger partial charge in [0.1, 0.15) is 18.3 Å². The van der Waals surface area contributed by atoms with Crippen LogP contribution in [0.15, 0.2) is 51.7 Å². The number of hydrogen-bond acceptors (Lipinski definition) is 5. The Labute approximate surface area is 164 Å². The minimum atomic E-state index is -0.307. The van der Waals surface area contributed by atoms with Crippen molar-refractivity contribution >= 4 is 11.0 Å². The second kappa shape index (κ2) is 7.68. The van der Waals surface area contributed by atoms with Crippen molar-refractivity contribution in [2.45, 2.75) is 33.4 Å². The molecule has 0 N–H and O–H groups in total. The minimum absolute atomic E-state index is 0.0507. The number of fused-ring (bicyclic) bond motifs is 2. The Morgan fingerprint density at radius 1 is 1.11 bits per heavy atom. The lowest BCUT2D eigenvalue weighted by Gasteiger charge is -2.31. The molecule has 4 rings (SSSR count). The molecule has 5 heteroatoms. The molecule has 1 atom stereocenters. The van der Waals surface area contributed by atoms with Crippen molar-refractivity contribution in [2.75, 3.05) is 19.7 Å². The van der Waals surface area contributed by atoms with Gasteiger partial charge in [-0.25, -0.2) is 4.79 Å². The summed E-state index contributed by atoms with van der Waals surface area (Å²) in [7, 11) is 0. The number of ether oxygens (including phenoxy) is 2. The lowest BCUT2D eigenvalue weighted by molar-refractivity contribution is 0.0581. The maximum atomic E-state index is 12.1. The topological polar surface area (TPSA) is 51.9 Å². The smallest absolute Gasteiger partial charge is 0.336 e. The van der Waals surface area contributed by atoms with Crippen molar-refractivity contribution in [2.24, 2.45) is 0 Å². The Balaban J connectivity index is 1.56. The summed E-state index contributed by atoms with van der Waals surface area (Å²) >= 11 is 0. The number of benzene rings is 2. The molecule has 2 heterocycles. The molecule has 28 heavy (non-hydrogen) atoms. The second-order valence-corrected chi connectivity index (χ2v) is 7.30. The number of hydrogen-bond donors (Lipinski definition) is 0. The van der Waals surface area contributed by atoms with Gasteiger partial charge in [-0.3, -0.25) is 4.90 Å². The summed E-state index contributed by atoms with van der Waals surface area (Å²) in [6.07, 6.45) is -0.0507. The average molecular weight is 379 g/mol. The molecule has 3 aromatic rings. The third kappa shape index (κ3) is 3.62. The summed E-state index contributed by atoms with van der Waals surface area (Å²) in [5.41, 5.74) is 3.49. The van der Waals surface area contributed by atoms with Crippen LogP contribution in [0.5, 0.6) is 11.5 Å². The zero-order valence-corrected chi connectivity index (χ0v) is 16.5. The van der Waals surface area contributed by atoms with Crippen LogP contribution < -0.4 is 15.1 Å². The van der Waals surface area contributed by atoms with E-state index >= 15 is 0 Å². The normalized spacial score (nSPS) is 15.9. The van der Waals surface area contributed by atoms with E-state index < -0.39 is 0 Å². The van der Waals surface area contributed by atoms with Crippen LogP contribution in [0, 0.1) is 13.8 Å². The van der Waals surface area contributed by atoms with Gasteiger partial charge in [0, 0.05) is 24.5 Å². The molecule has 2 aromatic carbocycles. The summed E-state index contributed by atoms with van der Waals surface area (Å²) in [5.74, 6) is 1.58. The number of rotatable bonds is 5. The van der Waals surface area contributed by atoms with Crippen LogP contribution in [0.2, 0.25) is 0 Å². The van der Waals surface area contributed by atoms with E-state index in [1.54, 1.807) is 6.07 Å². The Bertz CT molecular complexity index is 1060. The van der Waals surface area contributed by atoms with Gasteiger partial charge in [0.25, 0.3) is 0 Å². The van der Waals surface area contributed by atoms with E-state index in [-0.39, 0.29) is 11.7 Å². The first-order chi connectivity index (χ1) is 13.5. The van der Waals surface area contributed by atoms with Crippen molar-refractivity contribution < 1.29 is 13.9 Å². The largest absolute Gasteiger partial charge is 0.486 e.